The van der Waals surface area contributed by atoms with Crippen molar-refractivity contribution in [3.05, 3.63) is 97.2 Å². The van der Waals surface area contributed by atoms with Crippen molar-refractivity contribution in [2.45, 2.75) is 17.7 Å². The first-order chi connectivity index (χ1) is 21.4. The lowest BCUT2D eigenvalue weighted by Gasteiger charge is -2.20. The Morgan fingerprint density at radius 3 is 2.40 bits per heavy atom. The zero-order valence-electron chi connectivity index (χ0n) is 23.2. The lowest BCUT2D eigenvalue weighted by Crippen LogP contribution is -2.38. The molecule has 13 nitrogen and oxygen atoms in total. The molecule has 5 aromatic rings. The van der Waals surface area contributed by atoms with Crippen LogP contribution in [-0.2, 0) is 33.2 Å². The van der Waals surface area contributed by atoms with E-state index < -0.39 is 33.7 Å². The van der Waals surface area contributed by atoms with Crippen molar-refractivity contribution >= 4 is 33.4 Å². The van der Waals surface area contributed by atoms with Crippen molar-refractivity contribution in [3.8, 4) is 22.8 Å². The van der Waals surface area contributed by atoms with Gasteiger partial charge in [0.25, 0.3) is 10.0 Å². The van der Waals surface area contributed by atoms with Crippen molar-refractivity contribution in [2.75, 3.05) is 11.1 Å². The van der Waals surface area contributed by atoms with Gasteiger partial charge in [0, 0.05) is 42.8 Å². The molecule has 0 unspecified atom stereocenters. The number of aromatic nitrogens is 5. The topological polar surface area (TPSA) is 167 Å². The van der Waals surface area contributed by atoms with E-state index in [4.69, 9.17) is 10.5 Å². The van der Waals surface area contributed by atoms with Gasteiger partial charge >= 0.3 is 12.1 Å². The number of halogens is 3. The molecule has 0 atom stereocenters. The van der Waals surface area contributed by atoms with Gasteiger partial charge in [0.2, 0.25) is 5.95 Å². The number of imidazole rings is 1. The maximum absolute atomic E-state index is 13.0. The number of hydroxylamine groups is 1. The normalized spacial score (nSPS) is 11.8. The Labute approximate surface area is 254 Å². The predicted octanol–water partition coefficient (Wildman–Crippen LogP) is 4.60. The van der Waals surface area contributed by atoms with Crippen LogP contribution in [0.15, 0.2) is 96.5 Å². The zero-order chi connectivity index (χ0) is 32.2. The molecule has 0 saturated heterocycles. The maximum Gasteiger partial charge on any atom is 0.492 e. The van der Waals surface area contributed by atoms with Gasteiger partial charge in [-0.2, -0.15) is 18.2 Å². The number of ether oxygens (including phenoxy) is 1. The lowest BCUT2D eigenvalue weighted by atomic mass is 10.1. The number of anilines is 3. The van der Waals surface area contributed by atoms with Crippen LogP contribution in [0.1, 0.15) is 5.69 Å². The fourth-order valence-corrected chi connectivity index (χ4v) is 5.01. The van der Waals surface area contributed by atoms with Crippen molar-refractivity contribution in [1.29, 1.82) is 0 Å². The van der Waals surface area contributed by atoms with E-state index in [1.807, 2.05) is 30.3 Å². The minimum atomic E-state index is -5.46. The summed E-state index contributed by atoms with van der Waals surface area (Å²) in [6.07, 6.45) is -2.05. The van der Waals surface area contributed by atoms with E-state index in [1.165, 1.54) is 29.9 Å². The fraction of sp³-hybridized carbons (Fsp3) is 0.107. The van der Waals surface area contributed by atoms with Crippen LogP contribution in [0.5, 0.6) is 11.5 Å². The van der Waals surface area contributed by atoms with Gasteiger partial charge in [-0.3, -0.25) is 4.98 Å². The molecule has 5 rings (SSSR count). The van der Waals surface area contributed by atoms with Crippen molar-refractivity contribution in [2.24, 2.45) is 7.05 Å². The number of carbonyl (C=O) groups excluding carboxylic acids is 1. The Hall–Kier alpha value is -5.55. The first-order valence-corrected chi connectivity index (χ1v) is 14.3. The summed E-state index contributed by atoms with van der Waals surface area (Å²) in [7, 11) is -3.35. The predicted molar refractivity (Wildman–Crippen MR) is 154 cm³/mol. The number of alkyl halides is 3. The van der Waals surface area contributed by atoms with Crippen molar-refractivity contribution < 1.29 is 36.0 Å². The number of sulfonamides is 1. The second kappa shape index (κ2) is 12.6. The first kappa shape index (κ1) is 30.9. The number of carbonyl (C=O) groups is 1. The first-order valence-electron chi connectivity index (χ1n) is 12.9. The number of nitrogens with one attached hydrogen (secondary N) is 1. The van der Waals surface area contributed by atoms with Crippen LogP contribution < -0.4 is 15.8 Å². The number of hydrogen-bond acceptors (Lipinski definition) is 11. The van der Waals surface area contributed by atoms with Crippen LogP contribution in [-0.4, -0.2) is 49.5 Å². The highest BCUT2D eigenvalue weighted by molar-refractivity contribution is 7.88. The Morgan fingerprint density at radius 2 is 1.73 bits per heavy atom. The van der Waals surface area contributed by atoms with E-state index in [9.17, 15) is 26.4 Å². The van der Waals surface area contributed by atoms with Gasteiger partial charge < -0.3 is 25.2 Å². The molecule has 3 heterocycles. The summed E-state index contributed by atoms with van der Waals surface area (Å²) in [4.78, 5) is 31.9. The molecule has 0 bridgehead atoms. The standard InChI is InChI=1S/C28H23F3N8O5S/c1-38-16-25(34-17-38)45(41,42)39(44-26(40)28(29,30)31)15-20-13-22(11-12-33-20)43-21-9-7-19(8-10-21)35-24-14-23(36-27(32)37-24)18-5-3-2-4-6-18/h2-14,16-17H,15H2,1H3,(H3,32,35,36,37). The minimum absolute atomic E-state index is 0.0872. The third kappa shape index (κ3) is 7.70. The monoisotopic (exact) mass is 640 g/mol. The second-order valence-corrected chi connectivity index (χ2v) is 11.1. The van der Waals surface area contributed by atoms with Gasteiger partial charge in [0.1, 0.15) is 17.3 Å². The highest BCUT2D eigenvalue weighted by Gasteiger charge is 2.45. The number of hydrogen-bond donors (Lipinski definition) is 2. The minimum Gasteiger partial charge on any atom is -0.457 e. The number of pyridine rings is 1. The van der Waals surface area contributed by atoms with Crippen LogP contribution >= 0.6 is 0 Å². The molecule has 0 aliphatic heterocycles. The molecule has 232 valence electrons. The fourth-order valence-electron chi connectivity index (χ4n) is 3.85. The number of aryl methyl sites for hydroxylation is 1. The third-order valence-electron chi connectivity index (χ3n) is 5.88. The van der Waals surface area contributed by atoms with Gasteiger partial charge in [-0.05, 0) is 34.8 Å². The molecule has 3 aromatic heterocycles. The summed E-state index contributed by atoms with van der Waals surface area (Å²) >= 11 is 0. The highest BCUT2D eigenvalue weighted by Crippen LogP contribution is 2.28. The molecule has 3 N–H and O–H groups in total. The van der Waals surface area contributed by atoms with E-state index in [1.54, 1.807) is 30.3 Å². The van der Waals surface area contributed by atoms with E-state index in [-0.39, 0.29) is 21.9 Å². The molecule has 45 heavy (non-hydrogen) atoms. The summed E-state index contributed by atoms with van der Waals surface area (Å²) in [6.45, 7) is -0.867. The van der Waals surface area contributed by atoms with Gasteiger partial charge in [-0.25, -0.2) is 23.2 Å². The van der Waals surface area contributed by atoms with Crippen molar-refractivity contribution in [1.82, 2.24) is 29.0 Å². The molecular weight excluding hydrogens is 617 g/mol. The SMILES string of the molecule is Cn1cnc(S(=O)(=O)N(Cc2cc(Oc3ccc(Nc4cc(-c5ccccc5)nc(N)n4)cc3)ccn2)OC(=O)C(F)(F)F)c1. The molecule has 0 aliphatic carbocycles. The maximum atomic E-state index is 13.0. The van der Waals surface area contributed by atoms with E-state index in [2.05, 4.69) is 30.1 Å². The Bertz CT molecular complexity index is 1920. The molecule has 0 amide bonds. The number of nitrogens with zero attached hydrogens (tertiary/aromatic N) is 6. The molecule has 0 fully saturated rings. The van der Waals surface area contributed by atoms with Gasteiger partial charge in [0.15, 0.2) is 5.03 Å². The summed E-state index contributed by atoms with van der Waals surface area (Å²) < 4.78 is 71.7. The number of benzene rings is 2. The van der Waals surface area contributed by atoms with Crippen LogP contribution in [0.4, 0.5) is 30.6 Å². The van der Waals surface area contributed by atoms with Gasteiger partial charge in [-0.15, -0.1) is 0 Å². The molecule has 2 aromatic carbocycles. The molecular formula is C28H23F3N8O5S. The average Bonchev–Trinajstić information content (AvgIpc) is 3.45. The zero-order valence-corrected chi connectivity index (χ0v) is 24.0. The summed E-state index contributed by atoms with van der Waals surface area (Å²) in [5.41, 5.74) is 7.96. The lowest BCUT2D eigenvalue weighted by molar-refractivity contribution is -0.224. The molecule has 0 aliphatic rings. The second-order valence-electron chi connectivity index (χ2n) is 9.32. The number of rotatable bonds is 10. The Morgan fingerprint density at radius 1 is 1.00 bits per heavy atom. The summed E-state index contributed by atoms with van der Waals surface area (Å²) in [5, 5.41) is 2.51. The van der Waals surface area contributed by atoms with Crippen molar-refractivity contribution in [3.63, 3.8) is 0 Å². The van der Waals surface area contributed by atoms with Crippen LogP contribution in [0, 0.1) is 0 Å². The third-order valence-corrected chi connectivity index (χ3v) is 7.36. The van der Waals surface area contributed by atoms with Crippen LogP contribution in [0.25, 0.3) is 11.3 Å². The van der Waals surface area contributed by atoms with Gasteiger partial charge in [0.05, 0.1) is 24.3 Å². The Balaban J connectivity index is 1.30. The van der Waals surface area contributed by atoms with E-state index in [0.717, 1.165) is 18.1 Å². The smallest absolute Gasteiger partial charge is 0.457 e. The number of nitrogens with two attached hydrogens (primary N) is 1. The largest absolute Gasteiger partial charge is 0.492 e. The van der Waals surface area contributed by atoms with Gasteiger partial charge in [-0.1, -0.05) is 30.3 Å². The van der Waals surface area contributed by atoms with Crippen LogP contribution in [0.2, 0.25) is 0 Å². The quantitative estimate of drug-likeness (QED) is 0.205. The average molecular weight is 641 g/mol. The highest BCUT2D eigenvalue weighted by atomic mass is 32.2. The van der Waals surface area contributed by atoms with E-state index in [0.29, 0.717) is 22.9 Å². The molecule has 0 spiro atoms. The van der Waals surface area contributed by atoms with Crippen LogP contribution in [0.3, 0.4) is 0 Å². The number of nitrogen functional groups attached to an aromatic ring is 1. The molecule has 0 radical (unpaired) electrons. The Kier molecular flexibility index (Phi) is 8.64. The molecule has 17 heteroatoms. The molecule has 0 saturated carbocycles. The van der Waals surface area contributed by atoms with E-state index >= 15 is 0 Å². The summed E-state index contributed by atoms with van der Waals surface area (Å²) in [5.74, 6) is -1.64. The summed E-state index contributed by atoms with van der Waals surface area (Å²) in [6, 6.07) is 20.6.